The zero-order valence-corrected chi connectivity index (χ0v) is 12.1. The van der Waals surface area contributed by atoms with Crippen LogP contribution in [0.1, 0.15) is 34.9 Å². The van der Waals surface area contributed by atoms with Crippen LogP contribution in [0.5, 0.6) is 0 Å². The molecule has 0 unspecified atom stereocenters. The van der Waals surface area contributed by atoms with Gasteiger partial charge in [-0.2, -0.15) is 0 Å². The fraction of sp³-hybridized carbons (Fsp3) is 0.250. The number of hydrogen-bond donors (Lipinski definition) is 1. The summed E-state index contributed by atoms with van der Waals surface area (Å²) in [6.07, 6.45) is 1.77. The smallest absolute Gasteiger partial charge is 0.358 e. The molecule has 21 heavy (non-hydrogen) atoms. The molecule has 1 fully saturated rings. The molecule has 8 nitrogen and oxygen atoms in total. The van der Waals surface area contributed by atoms with Gasteiger partial charge in [0.05, 0.1) is 20.8 Å². The zero-order valence-electron chi connectivity index (χ0n) is 10.6. The lowest BCUT2D eigenvalue weighted by atomic mass is 10.2. The molecule has 0 radical (unpaired) electrons. The molecular formula is C12H9BrN4O4. The molecule has 2 aromatic rings. The van der Waals surface area contributed by atoms with Crippen molar-refractivity contribution in [3.8, 4) is 5.69 Å². The summed E-state index contributed by atoms with van der Waals surface area (Å²) >= 11 is 3.26. The summed E-state index contributed by atoms with van der Waals surface area (Å²) in [5, 5.41) is 27.5. The number of aromatic carboxylic acids is 1. The number of carboxylic acid groups (broad SMARTS) is 1. The van der Waals surface area contributed by atoms with Crippen molar-refractivity contribution in [2.24, 2.45) is 0 Å². The molecule has 0 bridgehead atoms. The Bertz CT molecular complexity index is 754. The van der Waals surface area contributed by atoms with Gasteiger partial charge in [-0.05, 0) is 34.8 Å². The molecule has 0 aliphatic heterocycles. The fourth-order valence-corrected chi connectivity index (χ4v) is 2.66. The predicted octanol–water partition coefficient (Wildman–Crippen LogP) is 2.51. The second-order valence-corrected chi connectivity index (χ2v) is 5.56. The van der Waals surface area contributed by atoms with Gasteiger partial charge in [0.15, 0.2) is 5.69 Å². The lowest BCUT2D eigenvalue weighted by Gasteiger charge is -2.08. The largest absolute Gasteiger partial charge is 0.476 e. The van der Waals surface area contributed by atoms with E-state index in [0.29, 0.717) is 15.9 Å². The average molecular weight is 353 g/mol. The highest BCUT2D eigenvalue weighted by molar-refractivity contribution is 9.10. The maximum atomic E-state index is 11.2. The Morgan fingerprint density at radius 2 is 2.19 bits per heavy atom. The van der Waals surface area contributed by atoms with Gasteiger partial charge >= 0.3 is 5.97 Å². The number of carbonyl (C=O) groups is 1. The summed E-state index contributed by atoms with van der Waals surface area (Å²) < 4.78 is 1.90. The number of halogens is 1. The lowest BCUT2D eigenvalue weighted by Crippen LogP contribution is -2.06. The number of nitro benzene ring substituents is 1. The van der Waals surface area contributed by atoms with E-state index in [2.05, 4.69) is 26.2 Å². The van der Waals surface area contributed by atoms with Crippen molar-refractivity contribution in [3.63, 3.8) is 0 Å². The van der Waals surface area contributed by atoms with E-state index in [1.165, 1.54) is 22.9 Å². The minimum Gasteiger partial charge on any atom is -0.476 e. The normalized spacial score (nSPS) is 14.1. The number of nitrogens with zero attached hydrogens (tertiary/aromatic N) is 4. The molecule has 1 aromatic carbocycles. The summed E-state index contributed by atoms with van der Waals surface area (Å²) in [5.41, 5.74) is 0.944. The third-order valence-corrected chi connectivity index (χ3v) is 3.88. The Morgan fingerprint density at radius 1 is 1.48 bits per heavy atom. The molecule has 1 aliphatic carbocycles. The first kappa shape index (κ1) is 13.7. The van der Waals surface area contributed by atoms with Crippen molar-refractivity contribution >= 4 is 27.6 Å². The van der Waals surface area contributed by atoms with Gasteiger partial charge in [0, 0.05) is 18.1 Å². The van der Waals surface area contributed by atoms with Crippen LogP contribution in [0, 0.1) is 10.1 Å². The Balaban J connectivity index is 2.13. The number of rotatable bonds is 4. The number of hydrogen-bond acceptors (Lipinski definition) is 5. The summed E-state index contributed by atoms with van der Waals surface area (Å²) in [6, 6.07) is 4.22. The van der Waals surface area contributed by atoms with E-state index in [1.54, 1.807) is 0 Å². The highest BCUT2D eigenvalue weighted by Crippen LogP contribution is 2.42. The Kier molecular flexibility index (Phi) is 3.20. The van der Waals surface area contributed by atoms with Gasteiger partial charge in [0.2, 0.25) is 0 Å². The standard InChI is InChI=1S/C12H9BrN4O4/c13-8-5-7(17(20)21)3-4-9(8)16-11(6-1-2-6)10(12(18)19)14-15-16/h3-6H,1-2H2,(H,18,19). The fourth-order valence-electron chi connectivity index (χ4n) is 2.12. The number of carboxylic acids is 1. The van der Waals surface area contributed by atoms with Gasteiger partial charge in [-0.15, -0.1) is 5.10 Å². The maximum absolute atomic E-state index is 11.2. The molecular weight excluding hydrogens is 344 g/mol. The van der Waals surface area contributed by atoms with Gasteiger partial charge in [-0.3, -0.25) is 10.1 Å². The van der Waals surface area contributed by atoms with Crippen LogP contribution >= 0.6 is 15.9 Å². The summed E-state index contributed by atoms with van der Waals surface area (Å²) in [7, 11) is 0. The molecule has 108 valence electrons. The predicted molar refractivity (Wildman–Crippen MR) is 74.6 cm³/mol. The van der Waals surface area contributed by atoms with Crippen molar-refractivity contribution in [1.82, 2.24) is 15.0 Å². The van der Waals surface area contributed by atoms with E-state index in [0.717, 1.165) is 12.8 Å². The highest BCUT2D eigenvalue weighted by atomic mass is 79.9. The minimum absolute atomic E-state index is 0.0582. The third-order valence-electron chi connectivity index (χ3n) is 3.24. The van der Waals surface area contributed by atoms with Crippen LogP contribution in [0.25, 0.3) is 5.69 Å². The summed E-state index contributed by atoms with van der Waals surface area (Å²) in [5.74, 6) is -1.01. The number of aromatic nitrogens is 3. The van der Waals surface area contributed by atoms with E-state index in [9.17, 15) is 20.0 Å². The monoisotopic (exact) mass is 352 g/mol. The number of nitro groups is 1. The second kappa shape index (κ2) is 4.92. The van der Waals surface area contributed by atoms with Crippen LogP contribution in [0.2, 0.25) is 0 Å². The SMILES string of the molecule is O=C(O)c1nnn(-c2ccc([N+](=O)[O-])cc2Br)c1C1CC1. The van der Waals surface area contributed by atoms with Crippen molar-refractivity contribution in [1.29, 1.82) is 0 Å². The molecule has 1 saturated carbocycles. The molecule has 9 heteroatoms. The summed E-state index contributed by atoms with van der Waals surface area (Å²) in [4.78, 5) is 21.5. The van der Waals surface area contributed by atoms with Gasteiger partial charge in [-0.25, -0.2) is 9.48 Å². The molecule has 1 heterocycles. The molecule has 1 aromatic heterocycles. The first-order chi connectivity index (χ1) is 9.99. The first-order valence-corrected chi connectivity index (χ1v) is 6.91. The molecule has 0 amide bonds. The van der Waals surface area contributed by atoms with Crippen molar-refractivity contribution in [3.05, 3.63) is 44.2 Å². The summed E-state index contributed by atoms with van der Waals surface area (Å²) in [6.45, 7) is 0. The van der Waals surface area contributed by atoms with E-state index in [-0.39, 0.29) is 17.3 Å². The topological polar surface area (TPSA) is 111 Å². The molecule has 0 spiro atoms. The van der Waals surface area contributed by atoms with Gasteiger partial charge < -0.3 is 5.11 Å². The van der Waals surface area contributed by atoms with Crippen LogP contribution in [-0.2, 0) is 0 Å². The van der Waals surface area contributed by atoms with Crippen LogP contribution in [0.15, 0.2) is 22.7 Å². The van der Waals surface area contributed by atoms with E-state index in [4.69, 9.17) is 0 Å². The van der Waals surface area contributed by atoms with Crippen LogP contribution < -0.4 is 0 Å². The average Bonchev–Trinajstić information content (AvgIpc) is 3.17. The van der Waals surface area contributed by atoms with Crippen LogP contribution in [-0.4, -0.2) is 31.0 Å². The van der Waals surface area contributed by atoms with Crippen LogP contribution in [0.3, 0.4) is 0 Å². The molecule has 1 N–H and O–H groups in total. The Morgan fingerprint density at radius 3 is 2.71 bits per heavy atom. The third kappa shape index (κ3) is 2.40. The van der Waals surface area contributed by atoms with Crippen molar-refractivity contribution in [2.45, 2.75) is 18.8 Å². The maximum Gasteiger partial charge on any atom is 0.358 e. The minimum atomic E-state index is -1.12. The molecule has 3 rings (SSSR count). The van der Waals surface area contributed by atoms with E-state index >= 15 is 0 Å². The lowest BCUT2D eigenvalue weighted by molar-refractivity contribution is -0.384. The van der Waals surface area contributed by atoms with Crippen molar-refractivity contribution in [2.75, 3.05) is 0 Å². The van der Waals surface area contributed by atoms with E-state index in [1.807, 2.05) is 0 Å². The van der Waals surface area contributed by atoms with Gasteiger partial charge in [0.25, 0.3) is 5.69 Å². The molecule has 0 atom stereocenters. The van der Waals surface area contributed by atoms with Gasteiger partial charge in [0.1, 0.15) is 0 Å². The Hall–Kier alpha value is -2.29. The quantitative estimate of drug-likeness (QED) is 0.668. The first-order valence-electron chi connectivity index (χ1n) is 6.12. The molecule has 0 saturated heterocycles. The van der Waals surface area contributed by atoms with E-state index < -0.39 is 10.9 Å². The van der Waals surface area contributed by atoms with Gasteiger partial charge in [-0.1, -0.05) is 5.21 Å². The van der Waals surface area contributed by atoms with Crippen LogP contribution in [0.4, 0.5) is 5.69 Å². The number of benzene rings is 1. The zero-order chi connectivity index (χ0) is 15.1. The number of non-ortho nitro benzene ring substituents is 1. The Labute approximate surface area is 126 Å². The van der Waals surface area contributed by atoms with Crippen molar-refractivity contribution < 1.29 is 14.8 Å². The molecule has 1 aliphatic rings. The highest BCUT2D eigenvalue weighted by Gasteiger charge is 2.34. The second-order valence-electron chi connectivity index (χ2n) is 4.71.